The molecule has 6 heteroatoms. The minimum absolute atomic E-state index is 0.0469. The van der Waals surface area contributed by atoms with Crippen LogP contribution >= 0.6 is 0 Å². The molecule has 0 aliphatic rings. The minimum atomic E-state index is -0.315. The monoisotopic (exact) mass is 369 g/mol. The molecule has 3 amide bonds. The van der Waals surface area contributed by atoms with Crippen LogP contribution in [0.2, 0.25) is 0 Å². The number of hydrogen-bond acceptors (Lipinski definition) is 3. The summed E-state index contributed by atoms with van der Waals surface area (Å²) in [4.78, 5) is 24.0. The molecular weight excluding hydrogens is 342 g/mol. The van der Waals surface area contributed by atoms with Crippen molar-refractivity contribution in [2.75, 3.05) is 17.7 Å². The van der Waals surface area contributed by atoms with Gasteiger partial charge in [0.05, 0.1) is 13.2 Å². The second-order valence-electron chi connectivity index (χ2n) is 6.79. The summed E-state index contributed by atoms with van der Waals surface area (Å²) in [5.41, 5.74) is 3.34. The Balaban J connectivity index is 1.97. The van der Waals surface area contributed by atoms with Crippen molar-refractivity contribution in [3.8, 4) is 5.75 Å². The van der Waals surface area contributed by atoms with Gasteiger partial charge in [0.15, 0.2) is 0 Å². The Kier molecular flexibility index (Phi) is 6.82. The largest absolute Gasteiger partial charge is 0.496 e. The van der Waals surface area contributed by atoms with E-state index in [4.69, 9.17) is 4.74 Å². The van der Waals surface area contributed by atoms with Crippen LogP contribution in [0, 0.1) is 12.8 Å². The van der Waals surface area contributed by atoms with Crippen molar-refractivity contribution in [3.05, 3.63) is 53.6 Å². The van der Waals surface area contributed by atoms with Crippen molar-refractivity contribution >= 4 is 23.3 Å². The van der Waals surface area contributed by atoms with Gasteiger partial charge in [-0.15, -0.1) is 0 Å². The van der Waals surface area contributed by atoms with Crippen LogP contribution in [0.5, 0.6) is 5.75 Å². The van der Waals surface area contributed by atoms with E-state index in [-0.39, 0.29) is 23.9 Å². The summed E-state index contributed by atoms with van der Waals surface area (Å²) in [6, 6.07) is 12.3. The van der Waals surface area contributed by atoms with E-state index in [1.807, 2.05) is 45.9 Å². The second-order valence-corrected chi connectivity index (χ2v) is 6.79. The number of carbonyl (C=O) groups excluding carboxylic acids is 2. The standard InChI is InChI=1S/C21H27N3O3/c1-13(2)20(25)23-16-7-9-17(10-8-16)24-21(26)22-15(4)18-12-14(3)6-11-19(18)27-5/h6-13,15H,1-5H3,(H,23,25)(H2,22,24,26). The lowest BCUT2D eigenvalue weighted by molar-refractivity contribution is -0.118. The molecule has 0 aliphatic carbocycles. The number of urea groups is 1. The van der Waals surface area contributed by atoms with Crippen LogP contribution in [0.4, 0.5) is 16.2 Å². The van der Waals surface area contributed by atoms with Crippen molar-refractivity contribution in [2.24, 2.45) is 5.92 Å². The van der Waals surface area contributed by atoms with Crippen LogP contribution < -0.4 is 20.7 Å². The summed E-state index contributed by atoms with van der Waals surface area (Å²) in [5.74, 6) is 0.599. The Hall–Kier alpha value is -3.02. The lowest BCUT2D eigenvalue weighted by Gasteiger charge is -2.18. The van der Waals surface area contributed by atoms with Crippen LogP contribution in [0.25, 0.3) is 0 Å². The molecular formula is C21H27N3O3. The molecule has 27 heavy (non-hydrogen) atoms. The molecule has 0 aromatic heterocycles. The SMILES string of the molecule is COc1ccc(C)cc1C(C)NC(=O)Nc1ccc(NC(=O)C(C)C)cc1. The molecule has 1 unspecified atom stereocenters. The first-order valence-electron chi connectivity index (χ1n) is 8.93. The maximum Gasteiger partial charge on any atom is 0.319 e. The minimum Gasteiger partial charge on any atom is -0.496 e. The van der Waals surface area contributed by atoms with Crippen LogP contribution in [0.15, 0.2) is 42.5 Å². The molecule has 0 bridgehead atoms. The van der Waals surface area contributed by atoms with E-state index in [0.29, 0.717) is 11.4 Å². The third-order valence-electron chi connectivity index (χ3n) is 4.13. The third kappa shape index (κ3) is 5.74. The van der Waals surface area contributed by atoms with E-state index in [2.05, 4.69) is 16.0 Å². The lowest BCUT2D eigenvalue weighted by Crippen LogP contribution is -2.31. The summed E-state index contributed by atoms with van der Waals surface area (Å²) < 4.78 is 5.38. The number of amides is 3. The van der Waals surface area contributed by atoms with E-state index >= 15 is 0 Å². The number of carbonyl (C=O) groups is 2. The predicted octanol–water partition coefficient (Wildman–Crippen LogP) is 4.48. The summed E-state index contributed by atoms with van der Waals surface area (Å²) >= 11 is 0. The highest BCUT2D eigenvalue weighted by Gasteiger charge is 2.14. The van der Waals surface area contributed by atoms with E-state index in [1.54, 1.807) is 31.4 Å². The Labute approximate surface area is 160 Å². The topological polar surface area (TPSA) is 79.5 Å². The van der Waals surface area contributed by atoms with Gasteiger partial charge < -0.3 is 20.7 Å². The second kappa shape index (κ2) is 9.07. The average molecular weight is 369 g/mol. The van der Waals surface area contributed by atoms with E-state index < -0.39 is 0 Å². The molecule has 0 spiro atoms. The highest BCUT2D eigenvalue weighted by atomic mass is 16.5. The average Bonchev–Trinajstić information content (AvgIpc) is 2.63. The Morgan fingerprint density at radius 3 is 2.07 bits per heavy atom. The molecule has 2 rings (SSSR count). The van der Waals surface area contributed by atoms with Gasteiger partial charge >= 0.3 is 6.03 Å². The van der Waals surface area contributed by atoms with Gasteiger partial charge in [0, 0.05) is 22.9 Å². The number of methoxy groups -OCH3 is 1. The zero-order valence-corrected chi connectivity index (χ0v) is 16.4. The Bertz CT molecular complexity index is 801. The molecule has 2 aromatic rings. The number of ether oxygens (including phenoxy) is 1. The fourth-order valence-electron chi connectivity index (χ4n) is 2.56. The number of benzene rings is 2. The third-order valence-corrected chi connectivity index (χ3v) is 4.13. The van der Waals surface area contributed by atoms with Gasteiger partial charge in [-0.1, -0.05) is 31.5 Å². The van der Waals surface area contributed by atoms with Gasteiger partial charge in [-0.05, 0) is 44.2 Å². The van der Waals surface area contributed by atoms with Gasteiger partial charge in [-0.25, -0.2) is 4.79 Å². The normalized spacial score (nSPS) is 11.6. The first-order valence-corrected chi connectivity index (χ1v) is 8.93. The highest BCUT2D eigenvalue weighted by Crippen LogP contribution is 2.26. The number of hydrogen-bond donors (Lipinski definition) is 3. The van der Waals surface area contributed by atoms with Crippen LogP contribution in [-0.2, 0) is 4.79 Å². The molecule has 0 radical (unpaired) electrons. The summed E-state index contributed by atoms with van der Waals surface area (Å²) in [5, 5.41) is 8.52. The molecule has 2 aromatic carbocycles. The van der Waals surface area contributed by atoms with Crippen molar-refractivity contribution in [2.45, 2.75) is 33.7 Å². The smallest absolute Gasteiger partial charge is 0.319 e. The van der Waals surface area contributed by atoms with Crippen LogP contribution in [0.3, 0.4) is 0 Å². The fraction of sp³-hybridized carbons (Fsp3) is 0.333. The Morgan fingerprint density at radius 1 is 0.926 bits per heavy atom. The first-order chi connectivity index (χ1) is 12.8. The van der Waals surface area contributed by atoms with Gasteiger partial charge in [-0.3, -0.25) is 4.79 Å². The van der Waals surface area contributed by atoms with Gasteiger partial charge in [0.1, 0.15) is 5.75 Å². The first kappa shape index (κ1) is 20.3. The summed E-state index contributed by atoms with van der Waals surface area (Å²) in [6.07, 6.45) is 0. The molecule has 144 valence electrons. The number of aryl methyl sites for hydroxylation is 1. The molecule has 0 fully saturated rings. The van der Waals surface area contributed by atoms with Crippen molar-refractivity contribution in [3.63, 3.8) is 0 Å². The molecule has 0 saturated carbocycles. The maximum absolute atomic E-state index is 12.3. The Morgan fingerprint density at radius 2 is 1.52 bits per heavy atom. The fourth-order valence-corrected chi connectivity index (χ4v) is 2.56. The van der Waals surface area contributed by atoms with Gasteiger partial charge in [-0.2, -0.15) is 0 Å². The van der Waals surface area contributed by atoms with Crippen LogP contribution in [-0.4, -0.2) is 19.0 Å². The van der Waals surface area contributed by atoms with Gasteiger partial charge in [0.2, 0.25) is 5.91 Å². The maximum atomic E-state index is 12.3. The quantitative estimate of drug-likeness (QED) is 0.702. The van der Waals surface area contributed by atoms with Crippen LogP contribution in [0.1, 0.15) is 37.9 Å². The highest BCUT2D eigenvalue weighted by molar-refractivity contribution is 5.93. The zero-order chi connectivity index (χ0) is 20.0. The van der Waals surface area contributed by atoms with E-state index in [1.165, 1.54) is 0 Å². The van der Waals surface area contributed by atoms with Crippen molar-refractivity contribution in [1.82, 2.24) is 5.32 Å². The van der Waals surface area contributed by atoms with E-state index in [9.17, 15) is 9.59 Å². The molecule has 3 N–H and O–H groups in total. The number of nitrogens with one attached hydrogen (secondary N) is 3. The predicted molar refractivity (Wildman–Crippen MR) is 108 cm³/mol. The number of anilines is 2. The molecule has 0 aliphatic heterocycles. The molecule has 6 nitrogen and oxygen atoms in total. The van der Waals surface area contributed by atoms with Crippen molar-refractivity contribution in [1.29, 1.82) is 0 Å². The summed E-state index contributed by atoms with van der Waals surface area (Å²) in [6.45, 7) is 7.57. The van der Waals surface area contributed by atoms with Gasteiger partial charge in [0.25, 0.3) is 0 Å². The summed E-state index contributed by atoms with van der Waals surface area (Å²) in [7, 11) is 1.61. The molecule has 1 atom stereocenters. The number of rotatable bonds is 6. The zero-order valence-electron chi connectivity index (χ0n) is 16.4. The molecule has 0 saturated heterocycles. The lowest BCUT2D eigenvalue weighted by atomic mass is 10.0. The van der Waals surface area contributed by atoms with E-state index in [0.717, 1.165) is 16.9 Å². The molecule has 0 heterocycles. The van der Waals surface area contributed by atoms with Crippen molar-refractivity contribution < 1.29 is 14.3 Å².